The van der Waals surface area contributed by atoms with E-state index >= 15 is 0 Å². The molecule has 0 unspecified atom stereocenters. The predicted molar refractivity (Wildman–Crippen MR) is 73.6 cm³/mol. The van der Waals surface area contributed by atoms with Crippen molar-refractivity contribution in [3.05, 3.63) is 40.5 Å². The molecular weight excluding hydrogens is 303 g/mol. The summed E-state index contributed by atoms with van der Waals surface area (Å²) in [6.45, 7) is 3.75. The number of carboxylic acid groups (broad SMARTS) is 1. The molecule has 112 valence electrons. The topological polar surface area (TPSA) is 50.2 Å². The number of hydrogen-bond donors (Lipinski definition) is 1. The van der Waals surface area contributed by atoms with Crippen LogP contribution in [0.1, 0.15) is 40.8 Å². The quantitative estimate of drug-likeness (QED) is 0.897. The van der Waals surface area contributed by atoms with Crippen molar-refractivity contribution >= 4 is 17.3 Å². The first-order valence-corrected chi connectivity index (χ1v) is 6.93. The number of halogens is 3. The molecule has 1 N–H and O–H groups in total. The van der Waals surface area contributed by atoms with Gasteiger partial charge in [-0.2, -0.15) is 13.2 Å². The van der Waals surface area contributed by atoms with Gasteiger partial charge in [-0.25, -0.2) is 9.78 Å². The Morgan fingerprint density at radius 1 is 1.24 bits per heavy atom. The normalized spacial score (nSPS) is 11.9. The lowest BCUT2D eigenvalue weighted by atomic mass is 10.1. The van der Waals surface area contributed by atoms with Crippen LogP contribution in [0.25, 0.3) is 10.4 Å². The minimum Gasteiger partial charge on any atom is -0.476 e. The van der Waals surface area contributed by atoms with E-state index in [1.165, 1.54) is 23.5 Å². The molecule has 0 saturated heterocycles. The van der Waals surface area contributed by atoms with E-state index in [0.717, 1.165) is 12.1 Å². The summed E-state index contributed by atoms with van der Waals surface area (Å²) in [5, 5.41) is 9.81. The van der Waals surface area contributed by atoms with E-state index in [0.29, 0.717) is 15.4 Å². The molecule has 0 saturated carbocycles. The summed E-state index contributed by atoms with van der Waals surface area (Å²) in [4.78, 5) is 15.6. The third kappa shape index (κ3) is 3.24. The second-order valence-corrected chi connectivity index (χ2v) is 5.80. The summed E-state index contributed by atoms with van der Waals surface area (Å²) < 4.78 is 37.6. The van der Waals surface area contributed by atoms with Gasteiger partial charge in [0.05, 0.1) is 15.4 Å². The van der Waals surface area contributed by atoms with Gasteiger partial charge in [0.15, 0.2) is 5.69 Å². The maximum Gasteiger partial charge on any atom is 0.416 e. The van der Waals surface area contributed by atoms with E-state index in [9.17, 15) is 23.1 Å². The van der Waals surface area contributed by atoms with E-state index in [4.69, 9.17) is 0 Å². The number of aromatic nitrogens is 1. The second-order valence-electron chi connectivity index (χ2n) is 4.76. The van der Waals surface area contributed by atoms with Crippen molar-refractivity contribution in [2.45, 2.75) is 25.9 Å². The van der Waals surface area contributed by atoms with E-state index in [1.807, 2.05) is 13.8 Å². The molecule has 0 radical (unpaired) electrons. The maximum absolute atomic E-state index is 12.5. The molecule has 21 heavy (non-hydrogen) atoms. The van der Waals surface area contributed by atoms with Crippen LogP contribution in [0.15, 0.2) is 24.3 Å². The SMILES string of the molecule is CC(C)c1nc(C(=O)O)c(-c2ccc(C(F)(F)F)cc2)s1. The summed E-state index contributed by atoms with van der Waals surface area (Å²) in [5.41, 5.74) is -0.468. The Bertz CT molecular complexity index is 660. The van der Waals surface area contributed by atoms with Gasteiger partial charge < -0.3 is 5.11 Å². The molecule has 0 bridgehead atoms. The standard InChI is InChI=1S/C14H12F3NO2S/c1-7(2)12-18-10(13(19)20)11(21-12)8-3-5-9(6-4-8)14(15,16)17/h3-7H,1-2H3,(H,19,20). The molecule has 1 aromatic heterocycles. The van der Waals surface area contributed by atoms with E-state index in [-0.39, 0.29) is 11.6 Å². The summed E-state index contributed by atoms with van der Waals surface area (Å²) in [6, 6.07) is 4.42. The van der Waals surface area contributed by atoms with Gasteiger partial charge in [0.1, 0.15) is 0 Å². The lowest BCUT2D eigenvalue weighted by molar-refractivity contribution is -0.137. The van der Waals surface area contributed by atoms with E-state index in [2.05, 4.69) is 4.98 Å². The molecule has 0 fully saturated rings. The van der Waals surface area contributed by atoms with Crippen LogP contribution in [-0.4, -0.2) is 16.1 Å². The fraction of sp³-hybridized carbons (Fsp3) is 0.286. The van der Waals surface area contributed by atoms with Gasteiger partial charge in [0.25, 0.3) is 0 Å². The lowest BCUT2D eigenvalue weighted by Gasteiger charge is -2.07. The first kappa shape index (κ1) is 15.5. The van der Waals surface area contributed by atoms with E-state index in [1.54, 1.807) is 0 Å². The van der Waals surface area contributed by atoms with Gasteiger partial charge in [-0.1, -0.05) is 26.0 Å². The van der Waals surface area contributed by atoms with Crippen LogP contribution in [0.3, 0.4) is 0 Å². The van der Waals surface area contributed by atoms with Crippen molar-refractivity contribution < 1.29 is 23.1 Å². The number of alkyl halides is 3. The Labute approximate surface area is 123 Å². The monoisotopic (exact) mass is 315 g/mol. The van der Waals surface area contributed by atoms with Crippen molar-refractivity contribution in [2.75, 3.05) is 0 Å². The van der Waals surface area contributed by atoms with Crippen LogP contribution in [0.2, 0.25) is 0 Å². The Morgan fingerprint density at radius 3 is 2.24 bits per heavy atom. The molecule has 0 spiro atoms. The van der Waals surface area contributed by atoms with Crippen LogP contribution in [-0.2, 0) is 6.18 Å². The van der Waals surface area contributed by atoms with Crippen LogP contribution in [0.4, 0.5) is 13.2 Å². The summed E-state index contributed by atoms with van der Waals surface area (Å²) in [7, 11) is 0. The van der Waals surface area contributed by atoms with E-state index < -0.39 is 17.7 Å². The van der Waals surface area contributed by atoms with Crippen molar-refractivity contribution in [3.63, 3.8) is 0 Å². The molecule has 2 aromatic rings. The van der Waals surface area contributed by atoms with Crippen LogP contribution in [0.5, 0.6) is 0 Å². The van der Waals surface area contributed by atoms with Gasteiger partial charge in [0.2, 0.25) is 0 Å². The van der Waals surface area contributed by atoms with Crippen molar-refractivity contribution in [3.8, 4) is 10.4 Å². The zero-order chi connectivity index (χ0) is 15.8. The minimum absolute atomic E-state index is 0.0521. The Balaban J connectivity index is 2.48. The molecule has 1 aromatic carbocycles. The molecule has 0 aliphatic rings. The molecule has 0 aliphatic carbocycles. The largest absolute Gasteiger partial charge is 0.476 e. The van der Waals surface area contributed by atoms with Crippen molar-refractivity contribution in [2.24, 2.45) is 0 Å². The Morgan fingerprint density at radius 2 is 1.81 bits per heavy atom. The molecule has 1 heterocycles. The Hall–Kier alpha value is -1.89. The first-order chi connectivity index (χ1) is 9.70. The molecule has 2 rings (SSSR count). The lowest BCUT2D eigenvalue weighted by Crippen LogP contribution is -2.04. The minimum atomic E-state index is -4.41. The van der Waals surface area contributed by atoms with Gasteiger partial charge in [-0.05, 0) is 17.7 Å². The predicted octanol–water partition coefficient (Wildman–Crippen LogP) is 4.65. The van der Waals surface area contributed by atoms with Crippen LogP contribution >= 0.6 is 11.3 Å². The zero-order valence-electron chi connectivity index (χ0n) is 11.2. The molecule has 0 aliphatic heterocycles. The van der Waals surface area contributed by atoms with Gasteiger partial charge in [-0.15, -0.1) is 11.3 Å². The van der Waals surface area contributed by atoms with Crippen molar-refractivity contribution in [1.82, 2.24) is 4.98 Å². The van der Waals surface area contributed by atoms with Crippen molar-refractivity contribution in [1.29, 1.82) is 0 Å². The molecule has 0 amide bonds. The van der Waals surface area contributed by atoms with Crippen LogP contribution < -0.4 is 0 Å². The van der Waals surface area contributed by atoms with Crippen LogP contribution in [0, 0.1) is 0 Å². The molecule has 0 atom stereocenters. The number of nitrogens with zero attached hydrogens (tertiary/aromatic N) is 1. The average Bonchev–Trinajstić information content (AvgIpc) is 2.83. The number of aromatic carboxylic acids is 1. The number of thiazole rings is 1. The second kappa shape index (κ2) is 5.48. The number of benzene rings is 1. The highest BCUT2D eigenvalue weighted by atomic mass is 32.1. The number of hydrogen-bond acceptors (Lipinski definition) is 3. The zero-order valence-corrected chi connectivity index (χ0v) is 12.0. The maximum atomic E-state index is 12.5. The number of carbonyl (C=O) groups is 1. The summed E-state index contributed by atoms with van der Waals surface area (Å²) in [5.74, 6) is -1.13. The summed E-state index contributed by atoms with van der Waals surface area (Å²) >= 11 is 1.19. The molecular formula is C14H12F3NO2S. The van der Waals surface area contributed by atoms with Gasteiger partial charge >= 0.3 is 12.1 Å². The number of carboxylic acids is 1. The van der Waals surface area contributed by atoms with Gasteiger partial charge in [0, 0.05) is 5.92 Å². The first-order valence-electron chi connectivity index (χ1n) is 6.11. The third-order valence-electron chi connectivity index (χ3n) is 2.81. The highest BCUT2D eigenvalue weighted by molar-refractivity contribution is 7.15. The highest BCUT2D eigenvalue weighted by Gasteiger charge is 2.30. The molecule has 3 nitrogen and oxygen atoms in total. The highest BCUT2D eigenvalue weighted by Crippen LogP contribution is 2.36. The fourth-order valence-electron chi connectivity index (χ4n) is 1.73. The number of rotatable bonds is 3. The Kier molecular flexibility index (Phi) is 4.04. The molecule has 7 heteroatoms. The average molecular weight is 315 g/mol. The smallest absolute Gasteiger partial charge is 0.416 e. The fourth-order valence-corrected chi connectivity index (χ4v) is 2.80. The van der Waals surface area contributed by atoms with Gasteiger partial charge in [-0.3, -0.25) is 0 Å². The third-order valence-corrected chi connectivity index (χ3v) is 4.22. The summed E-state index contributed by atoms with van der Waals surface area (Å²) in [6.07, 6.45) is -4.41.